The number of aliphatic hydroxyl groups is 1. The van der Waals surface area contributed by atoms with Crippen molar-refractivity contribution in [2.45, 2.75) is 18.7 Å². The molecule has 0 amide bonds. The van der Waals surface area contributed by atoms with Gasteiger partial charge in [-0.1, -0.05) is 0 Å². The highest BCUT2D eigenvalue weighted by atomic mass is 19.4. The number of alkyl halides is 3. The molecule has 1 heterocycles. The average molecular weight is 191 g/mol. The molecule has 0 spiro atoms. The second-order valence-electron chi connectivity index (χ2n) is 2.81. The van der Waals surface area contributed by atoms with Gasteiger partial charge in [0.1, 0.15) is 0 Å². The number of pyridine rings is 1. The van der Waals surface area contributed by atoms with Crippen LogP contribution in [0.25, 0.3) is 0 Å². The third-order valence-electron chi connectivity index (χ3n) is 1.79. The monoisotopic (exact) mass is 191 g/mol. The van der Waals surface area contributed by atoms with Crippen molar-refractivity contribution in [3.05, 3.63) is 30.1 Å². The largest absolute Gasteiger partial charge is 0.421 e. The van der Waals surface area contributed by atoms with Crippen LogP contribution in [0, 0.1) is 0 Å². The summed E-state index contributed by atoms with van der Waals surface area (Å²) in [6, 6.07) is 2.26. The van der Waals surface area contributed by atoms with Crippen LogP contribution in [0.4, 0.5) is 13.2 Å². The van der Waals surface area contributed by atoms with Crippen molar-refractivity contribution in [3.63, 3.8) is 0 Å². The molecule has 1 aromatic heterocycles. The maximum Gasteiger partial charge on any atom is 0.421 e. The summed E-state index contributed by atoms with van der Waals surface area (Å²) in [5.74, 6) is 0. The summed E-state index contributed by atoms with van der Waals surface area (Å²) in [6.45, 7) is 0.711. The van der Waals surface area contributed by atoms with Gasteiger partial charge < -0.3 is 5.11 Å². The highest BCUT2D eigenvalue weighted by molar-refractivity contribution is 5.19. The molecule has 2 nitrogen and oxygen atoms in total. The summed E-state index contributed by atoms with van der Waals surface area (Å²) in [6.07, 6.45) is -2.26. The predicted molar refractivity (Wildman–Crippen MR) is 39.9 cm³/mol. The minimum atomic E-state index is -4.67. The number of hydrogen-bond acceptors (Lipinski definition) is 2. The fraction of sp³-hybridized carbons (Fsp3) is 0.375. The lowest BCUT2D eigenvalue weighted by Gasteiger charge is -2.26. The number of nitrogens with zero attached hydrogens (tertiary/aromatic N) is 1. The first-order valence-electron chi connectivity index (χ1n) is 3.55. The lowest BCUT2D eigenvalue weighted by molar-refractivity contribution is -0.258. The number of rotatable bonds is 1. The highest BCUT2D eigenvalue weighted by Crippen LogP contribution is 2.37. The molecule has 0 radical (unpaired) electrons. The first kappa shape index (κ1) is 9.98. The van der Waals surface area contributed by atoms with Crippen LogP contribution >= 0.6 is 0 Å². The molecule has 1 atom stereocenters. The summed E-state index contributed by atoms with van der Waals surface area (Å²) >= 11 is 0. The SMILES string of the molecule is CC(O)(c1ccncc1)C(F)(F)F. The molecule has 72 valence electrons. The van der Waals surface area contributed by atoms with Gasteiger partial charge in [-0.25, -0.2) is 0 Å². The topological polar surface area (TPSA) is 33.1 Å². The Hall–Kier alpha value is -1.10. The Labute approximate surface area is 73.0 Å². The minimum absolute atomic E-state index is 0.213. The molecular formula is C8H8F3NO. The van der Waals surface area contributed by atoms with Crippen LogP contribution in [-0.2, 0) is 5.60 Å². The third-order valence-corrected chi connectivity index (χ3v) is 1.79. The van der Waals surface area contributed by atoms with Crippen molar-refractivity contribution in [2.75, 3.05) is 0 Å². The molecule has 1 rings (SSSR count). The van der Waals surface area contributed by atoms with Gasteiger partial charge in [-0.2, -0.15) is 13.2 Å². The van der Waals surface area contributed by atoms with Gasteiger partial charge >= 0.3 is 6.18 Å². The Bertz CT molecular complexity index is 281. The number of hydrogen-bond donors (Lipinski definition) is 1. The molecule has 1 aromatic rings. The van der Waals surface area contributed by atoms with Crippen LogP contribution in [0.1, 0.15) is 12.5 Å². The Morgan fingerprint density at radius 1 is 1.23 bits per heavy atom. The van der Waals surface area contributed by atoms with Crippen LogP contribution in [0.3, 0.4) is 0 Å². The fourth-order valence-corrected chi connectivity index (χ4v) is 0.840. The lowest BCUT2D eigenvalue weighted by atomic mass is 9.97. The summed E-state index contributed by atoms with van der Waals surface area (Å²) in [5, 5.41) is 9.17. The van der Waals surface area contributed by atoms with Crippen LogP contribution in [0.5, 0.6) is 0 Å². The van der Waals surface area contributed by atoms with Crippen molar-refractivity contribution in [1.82, 2.24) is 4.98 Å². The first-order valence-corrected chi connectivity index (χ1v) is 3.55. The Morgan fingerprint density at radius 3 is 2.08 bits per heavy atom. The van der Waals surface area contributed by atoms with Crippen LogP contribution in [-0.4, -0.2) is 16.3 Å². The third kappa shape index (κ3) is 1.80. The van der Waals surface area contributed by atoms with E-state index >= 15 is 0 Å². The minimum Gasteiger partial charge on any atom is -0.376 e. The summed E-state index contributed by atoms with van der Waals surface area (Å²) in [7, 11) is 0. The van der Waals surface area contributed by atoms with Crippen molar-refractivity contribution in [1.29, 1.82) is 0 Å². The van der Waals surface area contributed by atoms with E-state index in [1.807, 2.05) is 0 Å². The second kappa shape index (κ2) is 2.99. The molecule has 0 aliphatic rings. The number of halogens is 3. The molecule has 0 saturated heterocycles. The number of aromatic nitrogens is 1. The highest BCUT2D eigenvalue weighted by Gasteiger charge is 2.50. The van der Waals surface area contributed by atoms with E-state index in [4.69, 9.17) is 5.11 Å². The van der Waals surface area contributed by atoms with Crippen LogP contribution < -0.4 is 0 Å². The van der Waals surface area contributed by atoms with E-state index < -0.39 is 11.8 Å². The molecular weight excluding hydrogens is 183 g/mol. The molecule has 0 saturated carbocycles. The van der Waals surface area contributed by atoms with E-state index in [1.165, 1.54) is 12.4 Å². The molecule has 1 N–H and O–H groups in total. The average Bonchev–Trinajstić information content (AvgIpc) is 2.04. The van der Waals surface area contributed by atoms with Gasteiger partial charge in [-0.3, -0.25) is 4.98 Å². The van der Waals surface area contributed by atoms with E-state index in [1.54, 1.807) is 0 Å². The van der Waals surface area contributed by atoms with Gasteiger partial charge in [0.25, 0.3) is 0 Å². The normalized spacial score (nSPS) is 16.7. The van der Waals surface area contributed by atoms with Gasteiger partial charge in [0.05, 0.1) is 0 Å². The molecule has 0 aliphatic heterocycles. The zero-order valence-corrected chi connectivity index (χ0v) is 6.84. The van der Waals surface area contributed by atoms with Crippen LogP contribution in [0.15, 0.2) is 24.5 Å². The van der Waals surface area contributed by atoms with E-state index in [-0.39, 0.29) is 5.56 Å². The Kier molecular flexibility index (Phi) is 2.30. The Morgan fingerprint density at radius 2 is 1.69 bits per heavy atom. The van der Waals surface area contributed by atoms with Crippen molar-refractivity contribution in [3.8, 4) is 0 Å². The molecule has 0 bridgehead atoms. The van der Waals surface area contributed by atoms with Gasteiger partial charge in [-0.05, 0) is 24.6 Å². The maximum absolute atomic E-state index is 12.2. The van der Waals surface area contributed by atoms with Crippen molar-refractivity contribution in [2.24, 2.45) is 0 Å². The molecule has 13 heavy (non-hydrogen) atoms. The lowest BCUT2D eigenvalue weighted by Crippen LogP contribution is -2.39. The predicted octanol–water partition coefficient (Wildman–Crippen LogP) is 1.85. The van der Waals surface area contributed by atoms with E-state index in [2.05, 4.69) is 4.98 Å². The summed E-state index contributed by atoms with van der Waals surface area (Å²) in [4.78, 5) is 3.56. The quantitative estimate of drug-likeness (QED) is 0.734. The molecule has 0 fully saturated rings. The van der Waals surface area contributed by atoms with Gasteiger partial charge in [-0.15, -0.1) is 0 Å². The summed E-state index contributed by atoms with van der Waals surface area (Å²) < 4.78 is 36.7. The molecule has 1 unspecified atom stereocenters. The first-order chi connectivity index (χ1) is 5.86. The summed E-state index contributed by atoms with van der Waals surface area (Å²) in [5.41, 5.74) is -3.02. The molecule has 0 aliphatic carbocycles. The van der Waals surface area contributed by atoms with E-state index in [9.17, 15) is 13.2 Å². The zero-order chi connectivity index (χ0) is 10.1. The maximum atomic E-state index is 12.2. The van der Waals surface area contributed by atoms with Crippen molar-refractivity contribution < 1.29 is 18.3 Å². The molecule has 0 aromatic carbocycles. The second-order valence-corrected chi connectivity index (χ2v) is 2.81. The van der Waals surface area contributed by atoms with E-state index in [0.717, 1.165) is 12.1 Å². The van der Waals surface area contributed by atoms with Crippen molar-refractivity contribution >= 4 is 0 Å². The van der Waals surface area contributed by atoms with Gasteiger partial charge in [0.2, 0.25) is 0 Å². The van der Waals surface area contributed by atoms with Gasteiger partial charge in [0.15, 0.2) is 5.60 Å². The van der Waals surface area contributed by atoms with E-state index in [0.29, 0.717) is 6.92 Å². The smallest absolute Gasteiger partial charge is 0.376 e. The standard InChI is InChI=1S/C8H8F3NO/c1-7(13,8(9,10)11)6-2-4-12-5-3-6/h2-5,13H,1H3. The molecule has 5 heteroatoms. The van der Waals surface area contributed by atoms with Gasteiger partial charge in [0, 0.05) is 12.4 Å². The Balaban J connectivity index is 3.08. The van der Waals surface area contributed by atoms with Crippen LogP contribution in [0.2, 0.25) is 0 Å². The zero-order valence-electron chi connectivity index (χ0n) is 6.84. The fourth-order valence-electron chi connectivity index (χ4n) is 0.840.